The molecule has 2 aliphatic heterocycles. The van der Waals surface area contributed by atoms with Crippen molar-refractivity contribution in [1.29, 1.82) is 0 Å². The van der Waals surface area contributed by atoms with Crippen LogP contribution in [-0.4, -0.2) is 43.1 Å². The zero-order valence-electron chi connectivity index (χ0n) is 18.8. The minimum Gasteiger partial charge on any atom is -0.463 e. The average molecular weight is 434 g/mol. The number of ether oxygens (including phenoxy) is 1. The van der Waals surface area contributed by atoms with Crippen LogP contribution in [0.5, 0.6) is 0 Å². The second-order valence-corrected chi connectivity index (χ2v) is 8.54. The minimum absolute atomic E-state index is 0.282. The van der Waals surface area contributed by atoms with Crippen molar-refractivity contribution in [2.45, 2.75) is 38.6 Å². The summed E-state index contributed by atoms with van der Waals surface area (Å²) in [6.07, 6.45) is 2.22. The number of likely N-dealkylation sites (tertiary alicyclic amines) is 1. The number of amides is 2. The van der Waals surface area contributed by atoms with Crippen molar-refractivity contribution in [2.24, 2.45) is 0 Å². The standard InChI is InChI=1S/C26H31N3O3/c1-3-32-25(30)23-22(27-26(31)28-24(23)20-13-11-18(2)12-14-20)17-29-15-7-10-21(16-29)19-8-5-4-6-9-19/h4-6,8-9,11-14,21,24H,3,7,10,15-17H2,1-2H3,(H2,27,28,31)/t21-,24-/m0/s1. The Kier molecular flexibility index (Phi) is 6.90. The van der Waals surface area contributed by atoms with Gasteiger partial charge in [-0.1, -0.05) is 60.2 Å². The van der Waals surface area contributed by atoms with Crippen molar-refractivity contribution in [3.05, 3.63) is 82.6 Å². The maximum Gasteiger partial charge on any atom is 0.338 e. The van der Waals surface area contributed by atoms with Crippen LogP contribution in [0.4, 0.5) is 4.79 Å². The summed E-state index contributed by atoms with van der Waals surface area (Å²) in [7, 11) is 0. The molecule has 6 nitrogen and oxygen atoms in total. The van der Waals surface area contributed by atoms with Gasteiger partial charge in [0.25, 0.3) is 0 Å². The van der Waals surface area contributed by atoms with Crippen molar-refractivity contribution >= 4 is 12.0 Å². The van der Waals surface area contributed by atoms with E-state index in [0.717, 1.165) is 37.1 Å². The number of rotatable bonds is 6. The zero-order valence-corrected chi connectivity index (χ0v) is 18.8. The van der Waals surface area contributed by atoms with Crippen molar-refractivity contribution in [3.8, 4) is 0 Å². The summed E-state index contributed by atoms with van der Waals surface area (Å²) in [5.74, 6) is 0.0547. The first-order valence-corrected chi connectivity index (χ1v) is 11.4. The Hall–Kier alpha value is -3.12. The quantitative estimate of drug-likeness (QED) is 0.675. The second kappa shape index (κ2) is 10.0. The summed E-state index contributed by atoms with van der Waals surface area (Å²) >= 11 is 0. The Morgan fingerprint density at radius 2 is 1.84 bits per heavy atom. The van der Waals surface area contributed by atoms with Gasteiger partial charge in [-0.15, -0.1) is 0 Å². The molecule has 6 heteroatoms. The molecule has 1 saturated heterocycles. The highest BCUT2D eigenvalue weighted by atomic mass is 16.5. The molecule has 32 heavy (non-hydrogen) atoms. The summed E-state index contributed by atoms with van der Waals surface area (Å²) in [6.45, 7) is 6.42. The molecule has 2 heterocycles. The SMILES string of the molecule is CCOC(=O)C1=C(CN2CCC[C@H](c3ccccc3)C2)NC(=O)N[C@H]1c1ccc(C)cc1. The van der Waals surface area contributed by atoms with Gasteiger partial charge < -0.3 is 15.4 Å². The predicted octanol–water partition coefficient (Wildman–Crippen LogP) is 4.05. The van der Waals surface area contributed by atoms with E-state index < -0.39 is 12.0 Å². The van der Waals surface area contributed by atoms with Crippen molar-refractivity contribution in [2.75, 3.05) is 26.2 Å². The van der Waals surface area contributed by atoms with Gasteiger partial charge in [0.15, 0.2) is 0 Å². The van der Waals surface area contributed by atoms with E-state index in [1.165, 1.54) is 5.56 Å². The molecule has 2 aliphatic rings. The third kappa shape index (κ3) is 5.02. The van der Waals surface area contributed by atoms with Crippen LogP contribution < -0.4 is 10.6 Å². The van der Waals surface area contributed by atoms with E-state index in [9.17, 15) is 9.59 Å². The third-order valence-electron chi connectivity index (χ3n) is 6.22. The van der Waals surface area contributed by atoms with Gasteiger partial charge >= 0.3 is 12.0 Å². The molecule has 0 radical (unpaired) electrons. The molecule has 4 rings (SSSR count). The number of nitrogens with zero attached hydrogens (tertiary/aromatic N) is 1. The number of carbonyl (C=O) groups is 2. The first-order valence-electron chi connectivity index (χ1n) is 11.4. The van der Waals surface area contributed by atoms with Gasteiger partial charge in [0.2, 0.25) is 0 Å². The van der Waals surface area contributed by atoms with Gasteiger partial charge in [0, 0.05) is 18.8 Å². The molecule has 2 aromatic rings. The lowest BCUT2D eigenvalue weighted by molar-refractivity contribution is -0.139. The molecule has 2 amide bonds. The van der Waals surface area contributed by atoms with Crippen LogP contribution in [0.1, 0.15) is 48.4 Å². The normalized spacial score (nSPS) is 21.6. The van der Waals surface area contributed by atoms with E-state index in [0.29, 0.717) is 23.7 Å². The van der Waals surface area contributed by atoms with Crippen molar-refractivity contribution < 1.29 is 14.3 Å². The lowest BCUT2D eigenvalue weighted by Gasteiger charge is -2.36. The molecule has 2 aromatic carbocycles. The van der Waals surface area contributed by atoms with Gasteiger partial charge in [0.05, 0.1) is 18.2 Å². The summed E-state index contributed by atoms with van der Waals surface area (Å²) in [6, 6.07) is 17.6. The number of esters is 1. The summed E-state index contributed by atoms with van der Waals surface area (Å²) in [4.78, 5) is 27.9. The summed E-state index contributed by atoms with van der Waals surface area (Å²) < 4.78 is 5.40. The van der Waals surface area contributed by atoms with Crippen molar-refractivity contribution in [3.63, 3.8) is 0 Å². The molecule has 0 unspecified atom stereocenters. The zero-order chi connectivity index (χ0) is 22.5. The van der Waals surface area contributed by atoms with Gasteiger partial charge in [-0.2, -0.15) is 0 Å². The van der Waals surface area contributed by atoms with Crippen LogP contribution in [0, 0.1) is 6.92 Å². The van der Waals surface area contributed by atoms with Gasteiger partial charge in [-0.05, 0) is 50.3 Å². The summed E-state index contributed by atoms with van der Waals surface area (Å²) in [5.41, 5.74) is 4.44. The van der Waals surface area contributed by atoms with Gasteiger partial charge in [-0.25, -0.2) is 9.59 Å². The lowest BCUT2D eigenvalue weighted by atomic mass is 9.90. The molecule has 0 spiro atoms. The Bertz CT molecular complexity index is 985. The van der Waals surface area contributed by atoms with E-state index in [1.807, 2.05) is 37.3 Å². The third-order valence-corrected chi connectivity index (χ3v) is 6.22. The average Bonchev–Trinajstić information content (AvgIpc) is 2.80. The molecular formula is C26H31N3O3. The molecule has 0 bridgehead atoms. The topological polar surface area (TPSA) is 70.7 Å². The van der Waals surface area contributed by atoms with Crippen LogP contribution >= 0.6 is 0 Å². The largest absolute Gasteiger partial charge is 0.463 e. The van der Waals surface area contributed by atoms with E-state index in [4.69, 9.17) is 4.74 Å². The fourth-order valence-electron chi connectivity index (χ4n) is 4.62. The summed E-state index contributed by atoms with van der Waals surface area (Å²) in [5, 5.41) is 5.82. The maximum atomic E-state index is 13.0. The van der Waals surface area contributed by atoms with Crippen LogP contribution in [-0.2, 0) is 9.53 Å². The number of piperidine rings is 1. The fraction of sp³-hybridized carbons (Fsp3) is 0.385. The first-order chi connectivity index (χ1) is 15.5. The molecule has 168 valence electrons. The number of benzene rings is 2. The van der Waals surface area contributed by atoms with E-state index in [-0.39, 0.29) is 12.6 Å². The second-order valence-electron chi connectivity index (χ2n) is 8.54. The van der Waals surface area contributed by atoms with E-state index >= 15 is 0 Å². The van der Waals surface area contributed by atoms with Crippen LogP contribution in [0.25, 0.3) is 0 Å². The predicted molar refractivity (Wildman–Crippen MR) is 124 cm³/mol. The highest BCUT2D eigenvalue weighted by molar-refractivity contribution is 5.95. The molecule has 0 saturated carbocycles. The Balaban J connectivity index is 1.63. The molecular weight excluding hydrogens is 402 g/mol. The minimum atomic E-state index is -0.534. The van der Waals surface area contributed by atoms with Gasteiger partial charge in [-0.3, -0.25) is 4.90 Å². The lowest BCUT2D eigenvalue weighted by Crippen LogP contribution is -2.49. The first kappa shape index (κ1) is 22.1. The van der Waals surface area contributed by atoms with Crippen LogP contribution in [0.15, 0.2) is 65.9 Å². The number of hydrogen-bond acceptors (Lipinski definition) is 4. The number of aryl methyl sites for hydroxylation is 1. The Labute approximate surface area is 189 Å². The fourth-order valence-corrected chi connectivity index (χ4v) is 4.62. The highest BCUT2D eigenvalue weighted by Gasteiger charge is 2.35. The molecule has 0 aromatic heterocycles. The molecule has 2 atom stereocenters. The van der Waals surface area contributed by atoms with Crippen LogP contribution in [0.3, 0.4) is 0 Å². The number of nitrogens with one attached hydrogen (secondary N) is 2. The molecule has 1 fully saturated rings. The maximum absolute atomic E-state index is 13.0. The number of hydrogen-bond donors (Lipinski definition) is 2. The Morgan fingerprint density at radius 3 is 2.56 bits per heavy atom. The molecule has 0 aliphatic carbocycles. The smallest absolute Gasteiger partial charge is 0.338 e. The van der Waals surface area contributed by atoms with Crippen molar-refractivity contribution in [1.82, 2.24) is 15.5 Å². The number of urea groups is 1. The molecule has 2 N–H and O–H groups in total. The van der Waals surface area contributed by atoms with Crippen LogP contribution in [0.2, 0.25) is 0 Å². The van der Waals surface area contributed by atoms with E-state index in [2.05, 4.69) is 39.8 Å². The monoisotopic (exact) mass is 433 g/mol. The number of carbonyl (C=O) groups excluding carboxylic acids is 2. The highest BCUT2D eigenvalue weighted by Crippen LogP contribution is 2.31. The van der Waals surface area contributed by atoms with Gasteiger partial charge in [0.1, 0.15) is 0 Å². The Morgan fingerprint density at radius 1 is 1.09 bits per heavy atom. The van der Waals surface area contributed by atoms with E-state index in [1.54, 1.807) is 6.92 Å².